The minimum absolute atomic E-state index is 0.273. The number of ether oxygens (including phenoxy) is 3. The Hall–Kier alpha value is -3.07. The fourth-order valence-electron chi connectivity index (χ4n) is 3.12. The van der Waals surface area contributed by atoms with E-state index in [1.165, 1.54) is 24.4 Å². The highest BCUT2D eigenvalue weighted by Gasteiger charge is 2.23. The molecule has 1 aromatic heterocycles. The van der Waals surface area contributed by atoms with Gasteiger partial charge in [-0.25, -0.2) is 9.37 Å². The number of nitrogens with zero attached hydrogens (tertiary/aromatic N) is 1. The Morgan fingerprint density at radius 1 is 0.853 bits per heavy atom. The van der Waals surface area contributed by atoms with Crippen molar-refractivity contribution in [3.8, 4) is 17.4 Å². The van der Waals surface area contributed by atoms with Crippen molar-refractivity contribution < 1.29 is 36.2 Å². The summed E-state index contributed by atoms with van der Waals surface area (Å²) in [6, 6.07) is 12.9. The summed E-state index contributed by atoms with van der Waals surface area (Å²) in [5.74, 6) is -1.09. The second-order valence-corrected chi connectivity index (χ2v) is 8.37. The maximum atomic E-state index is 13.2. The maximum absolute atomic E-state index is 13.2. The number of halogens is 6. The summed E-state index contributed by atoms with van der Waals surface area (Å²) >= 11 is 6.45. The minimum atomic E-state index is -3.23. The topological polar surface area (TPSA) is 40.6 Å². The van der Waals surface area contributed by atoms with Crippen LogP contribution in [0.25, 0.3) is 0 Å². The largest absolute Gasteiger partial charge is 0.477 e. The third-order valence-corrected chi connectivity index (χ3v) is 5.45. The molecule has 4 nitrogen and oxygen atoms in total. The zero-order chi connectivity index (χ0) is 24.9. The van der Waals surface area contributed by atoms with E-state index in [1.54, 1.807) is 24.3 Å². The Balaban J connectivity index is 1.70. The number of pyridine rings is 1. The Bertz CT molecular complexity index is 1080. The highest BCUT2D eigenvalue weighted by atomic mass is 35.5. The average Bonchev–Trinajstić information content (AvgIpc) is 2.78. The van der Waals surface area contributed by atoms with Crippen molar-refractivity contribution in [3.05, 3.63) is 83.3 Å². The summed E-state index contributed by atoms with van der Waals surface area (Å²) in [4.78, 5) is 4.22. The number of alkyl halides is 5. The fraction of sp³-hybridized carbons (Fsp3) is 0.292. The van der Waals surface area contributed by atoms with E-state index >= 15 is 0 Å². The van der Waals surface area contributed by atoms with E-state index in [0.717, 1.165) is 17.7 Å². The average molecular weight is 502 g/mol. The SMILES string of the molecule is CC(C)(COc1ccc(C(Cl)c2ccc(OC(F)F)c(OC(F)F)c2)cn1)c1ccc(F)cc1. The van der Waals surface area contributed by atoms with Crippen molar-refractivity contribution in [2.45, 2.75) is 37.9 Å². The highest BCUT2D eigenvalue weighted by molar-refractivity contribution is 6.22. The van der Waals surface area contributed by atoms with Crippen LogP contribution in [0, 0.1) is 5.82 Å². The Kier molecular flexibility index (Phi) is 8.19. The molecule has 3 aromatic rings. The van der Waals surface area contributed by atoms with Gasteiger partial charge in [0.25, 0.3) is 0 Å². The number of aromatic nitrogens is 1. The molecule has 182 valence electrons. The molecule has 3 rings (SSSR count). The van der Waals surface area contributed by atoms with Gasteiger partial charge < -0.3 is 14.2 Å². The van der Waals surface area contributed by atoms with Gasteiger partial charge in [-0.05, 0) is 41.0 Å². The van der Waals surface area contributed by atoms with Gasteiger partial charge in [-0.15, -0.1) is 11.6 Å². The quantitative estimate of drug-likeness (QED) is 0.219. The molecule has 0 saturated heterocycles. The first kappa shape index (κ1) is 25.6. The van der Waals surface area contributed by atoms with Gasteiger partial charge in [-0.1, -0.05) is 38.1 Å². The van der Waals surface area contributed by atoms with E-state index in [2.05, 4.69) is 14.5 Å². The molecule has 1 unspecified atom stereocenters. The zero-order valence-electron chi connectivity index (χ0n) is 18.2. The van der Waals surface area contributed by atoms with E-state index in [4.69, 9.17) is 16.3 Å². The molecule has 1 atom stereocenters. The van der Waals surface area contributed by atoms with Crippen molar-refractivity contribution in [2.24, 2.45) is 0 Å². The van der Waals surface area contributed by atoms with Crippen LogP contribution >= 0.6 is 11.6 Å². The first-order chi connectivity index (χ1) is 16.0. The second kappa shape index (κ2) is 10.9. The highest BCUT2D eigenvalue weighted by Crippen LogP contribution is 2.37. The van der Waals surface area contributed by atoms with E-state index < -0.39 is 35.5 Å². The molecule has 0 fully saturated rings. The van der Waals surface area contributed by atoms with E-state index in [0.29, 0.717) is 17.0 Å². The molecule has 34 heavy (non-hydrogen) atoms. The van der Waals surface area contributed by atoms with Gasteiger partial charge in [-0.3, -0.25) is 0 Å². The first-order valence-corrected chi connectivity index (χ1v) is 10.5. The Labute approximate surface area is 198 Å². The molecule has 0 aliphatic carbocycles. The lowest BCUT2D eigenvalue weighted by Gasteiger charge is -2.25. The Morgan fingerprint density at radius 2 is 1.47 bits per heavy atom. The third-order valence-electron chi connectivity index (χ3n) is 4.95. The van der Waals surface area contributed by atoms with Gasteiger partial charge in [0.2, 0.25) is 5.88 Å². The predicted molar refractivity (Wildman–Crippen MR) is 117 cm³/mol. The number of rotatable bonds is 10. The lowest BCUT2D eigenvalue weighted by Crippen LogP contribution is -2.26. The smallest absolute Gasteiger partial charge is 0.387 e. The maximum Gasteiger partial charge on any atom is 0.387 e. The molecule has 0 bridgehead atoms. The minimum Gasteiger partial charge on any atom is -0.477 e. The lowest BCUT2D eigenvalue weighted by atomic mass is 9.85. The van der Waals surface area contributed by atoms with Gasteiger partial charge in [0.15, 0.2) is 11.5 Å². The lowest BCUT2D eigenvalue weighted by molar-refractivity contribution is -0.0692. The van der Waals surface area contributed by atoms with Crippen molar-refractivity contribution in [3.63, 3.8) is 0 Å². The van der Waals surface area contributed by atoms with Gasteiger partial charge in [0.05, 0.1) is 12.0 Å². The molecule has 0 aliphatic rings. The van der Waals surface area contributed by atoms with Crippen LogP contribution in [0.1, 0.15) is 35.9 Å². The summed E-state index contributed by atoms with van der Waals surface area (Å²) in [6.45, 7) is -2.27. The van der Waals surface area contributed by atoms with E-state index in [9.17, 15) is 22.0 Å². The predicted octanol–water partition coefficient (Wildman–Crippen LogP) is 7.11. The molecule has 10 heteroatoms. The van der Waals surface area contributed by atoms with Crippen LogP contribution in [-0.4, -0.2) is 24.8 Å². The van der Waals surface area contributed by atoms with Crippen LogP contribution in [0.3, 0.4) is 0 Å². The first-order valence-electron chi connectivity index (χ1n) is 10.1. The summed E-state index contributed by atoms with van der Waals surface area (Å²) in [5, 5.41) is -0.835. The molecule has 0 radical (unpaired) electrons. The van der Waals surface area contributed by atoms with Crippen molar-refractivity contribution in [1.82, 2.24) is 4.98 Å². The van der Waals surface area contributed by atoms with Gasteiger partial charge in [0, 0.05) is 17.7 Å². The van der Waals surface area contributed by atoms with Crippen LogP contribution in [0.2, 0.25) is 0 Å². The molecule has 0 aliphatic heterocycles. The normalized spacial score (nSPS) is 12.6. The molecule has 0 spiro atoms. The third kappa shape index (κ3) is 6.72. The number of hydrogen-bond acceptors (Lipinski definition) is 4. The molecule has 1 heterocycles. The fourth-order valence-corrected chi connectivity index (χ4v) is 3.39. The summed E-state index contributed by atoms with van der Waals surface area (Å²) < 4.78 is 77.9. The van der Waals surface area contributed by atoms with Crippen LogP contribution in [0.4, 0.5) is 22.0 Å². The summed E-state index contributed by atoms with van der Waals surface area (Å²) in [6.07, 6.45) is 1.45. The summed E-state index contributed by atoms with van der Waals surface area (Å²) in [7, 11) is 0. The van der Waals surface area contributed by atoms with Gasteiger partial charge in [-0.2, -0.15) is 17.6 Å². The number of benzene rings is 2. The van der Waals surface area contributed by atoms with Crippen LogP contribution < -0.4 is 14.2 Å². The van der Waals surface area contributed by atoms with E-state index in [1.807, 2.05) is 13.8 Å². The van der Waals surface area contributed by atoms with Crippen molar-refractivity contribution in [2.75, 3.05) is 6.61 Å². The molecule has 0 saturated carbocycles. The molecule has 0 N–H and O–H groups in total. The molecular weight excluding hydrogens is 481 g/mol. The summed E-state index contributed by atoms with van der Waals surface area (Å²) in [5.41, 5.74) is 1.31. The zero-order valence-corrected chi connectivity index (χ0v) is 18.9. The van der Waals surface area contributed by atoms with Crippen LogP contribution in [0.15, 0.2) is 60.8 Å². The van der Waals surface area contributed by atoms with Crippen molar-refractivity contribution >= 4 is 11.6 Å². The standard InChI is InChI=1S/C24H21ClF5NO3/c1-24(2,16-5-7-17(26)8-6-16)13-32-20-10-4-15(12-31-20)21(25)14-3-9-18(33-22(27)28)19(11-14)34-23(29)30/h3-12,21-23H,13H2,1-2H3. The Morgan fingerprint density at radius 3 is 2.06 bits per heavy atom. The van der Waals surface area contributed by atoms with Gasteiger partial charge in [0.1, 0.15) is 5.82 Å². The van der Waals surface area contributed by atoms with Gasteiger partial charge >= 0.3 is 13.2 Å². The van der Waals surface area contributed by atoms with Crippen LogP contribution in [-0.2, 0) is 5.41 Å². The van der Waals surface area contributed by atoms with Crippen LogP contribution in [0.5, 0.6) is 17.4 Å². The molecular formula is C24H21ClF5NO3. The molecule has 0 amide bonds. The monoisotopic (exact) mass is 501 g/mol. The second-order valence-electron chi connectivity index (χ2n) is 7.93. The van der Waals surface area contributed by atoms with E-state index in [-0.39, 0.29) is 12.4 Å². The molecule has 2 aromatic carbocycles. The number of hydrogen-bond donors (Lipinski definition) is 0. The van der Waals surface area contributed by atoms with Crippen molar-refractivity contribution in [1.29, 1.82) is 0 Å².